The van der Waals surface area contributed by atoms with Gasteiger partial charge < -0.3 is 15.0 Å². The molecule has 0 aromatic heterocycles. The predicted octanol–water partition coefficient (Wildman–Crippen LogP) is 3.64. The lowest BCUT2D eigenvalue weighted by atomic mass is 10.1. The molecule has 1 aliphatic heterocycles. The van der Waals surface area contributed by atoms with Crippen molar-refractivity contribution in [1.82, 2.24) is 4.90 Å². The number of aryl methyl sites for hydroxylation is 1. The van der Waals surface area contributed by atoms with Gasteiger partial charge in [-0.15, -0.1) is 0 Å². The summed E-state index contributed by atoms with van der Waals surface area (Å²) in [5, 5.41) is 3.26. The number of nitrogens with one attached hydrogen (secondary N) is 1. The van der Waals surface area contributed by atoms with Crippen molar-refractivity contribution < 1.29 is 14.3 Å². The van der Waals surface area contributed by atoms with Gasteiger partial charge in [0, 0.05) is 25.2 Å². The van der Waals surface area contributed by atoms with Crippen LogP contribution < -0.4 is 10.1 Å². The maximum absolute atomic E-state index is 12.5. The Bertz CT molecular complexity index is 838. The average molecular weight is 373 g/mol. The second-order valence-corrected chi connectivity index (χ2v) is 6.91. The molecule has 1 heterocycles. The first kappa shape index (κ1) is 18.3. The second kappa shape index (κ2) is 7.79. The summed E-state index contributed by atoms with van der Waals surface area (Å²) >= 11 is 6.08. The van der Waals surface area contributed by atoms with E-state index in [0.717, 1.165) is 11.1 Å². The first-order valence-corrected chi connectivity index (χ1v) is 8.82. The van der Waals surface area contributed by atoms with E-state index in [-0.39, 0.29) is 24.2 Å². The van der Waals surface area contributed by atoms with Gasteiger partial charge in [0.05, 0.1) is 18.1 Å². The molecule has 0 radical (unpaired) electrons. The van der Waals surface area contributed by atoms with E-state index in [1.54, 1.807) is 23.1 Å². The number of halogens is 1. The Morgan fingerprint density at radius 3 is 2.81 bits per heavy atom. The molecule has 0 bridgehead atoms. The van der Waals surface area contributed by atoms with Gasteiger partial charge in [-0.2, -0.15) is 0 Å². The van der Waals surface area contributed by atoms with Gasteiger partial charge in [-0.25, -0.2) is 0 Å². The summed E-state index contributed by atoms with van der Waals surface area (Å²) in [4.78, 5) is 26.5. The van der Waals surface area contributed by atoms with Gasteiger partial charge in [0.15, 0.2) is 0 Å². The number of likely N-dealkylation sites (tertiary alicyclic amines) is 1. The number of hydrogen-bond donors (Lipinski definition) is 1. The van der Waals surface area contributed by atoms with Crippen molar-refractivity contribution >= 4 is 29.1 Å². The highest BCUT2D eigenvalue weighted by Gasteiger charge is 2.34. The number of rotatable bonds is 5. The predicted molar refractivity (Wildman–Crippen MR) is 101 cm³/mol. The SMILES string of the molecule is COc1ccc(NC(=O)C2CC(=O)N(Cc3cccc(C)c3)C2)cc1Cl. The van der Waals surface area contributed by atoms with E-state index in [2.05, 4.69) is 11.4 Å². The Morgan fingerprint density at radius 1 is 1.31 bits per heavy atom. The standard InChI is InChI=1S/C20H21ClN2O3/c1-13-4-3-5-14(8-13)11-23-12-15(9-19(23)24)20(25)22-16-6-7-18(26-2)17(21)10-16/h3-8,10,15H,9,11-12H2,1-2H3,(H,22,25). The van der Waals surface area contributed by atoms with Crippen molar-refractivity contribution in [1.29, 1.82) is 0 Å². The zero-order chi connectivity index (χ0) is 18.7. The molecule has 0 aliphatic carbocycles. The minimum atomic E-state index is -0.367. The van der Waals surface area contributed by atoms with Crippen LogP contribution in [0.2, 0.25) is 5.02 Å². The molecule has 1 N–H and O–H groups in total. The molecule has 1 fully saturated rings. The van der Waals surface area contributed by atoms with Crippen LogP contribution in [0.1, 0.15) is 17.5 Å². The van der Waals surface area contributed by atoms with Crippen LogP contribution in [0.25, 0.3) is 0 Å². The topological polar surface area (TPSA) is 58.6 Å². The van der Waals surface area contributed by atoms with Crippen LogP contribution in [0.5, 0.6) is 5.75 Å². The van der Waals surface area contributed by atoms with E-state index in [1.807, 2.05) is 25.1 Å². The van der Waals surface area contributed by atoms with Crippen molar-refractivity contribution in [3.05, 3.63) is 58.6 Å². The molecule has 0 spiro atoms. The van der Waals surface area contributed by atoms with Crippen LogP contribution >= 0.6 is 11.6 Å². The van der Waals surface area contributed by atoms with Crippen LogP contribution in [0, 0.1) is 12.8 Å². The summed E-state index contributed by atoms with van der Waals surface area (Å²) in [6, 6.07) is 13.1. The number of amides is 2. The molecular formula is C20H21ClN2O3. The Morgan fingerprint density at radius 2 is 2.12 bits per heavy atom. The molecule has 6 heteroatoms. The number of methoxy groups -OCH3 is 1. The Balaban J connectivity index is 1.62. The molecule has 5 nitrogen and oxygen atoms in total. The zero-order valence-electron chi connectivity index (χ0n) is 14.8. The molecule has 26 heavy (non-hydrogen) atoms. The highest BCUT2D eigenvalue weighted by atomic mass is 35.5. The van der Waals surface area contributed by atoms with Gasteiger partial charge >= 0.3 is 0 Å². The first-order chi connectivity index (χ1) is 12.5. The molecule has 1 saturated heterocycles. The summed E-state index contributed by atoms with van der Waals surface area (Å²) in [6.07, 6.45) is 0.224. The lowest BCUT2D eigenvalue weighted by Gasteiger charge is -2.17. The molecular weight excluding hydrogens is 352 g/mol. The molecule has 1 atom stereocenters. The number of hydrogen-bond acceptors (Lipinski definition) is 3. The quantitative estimate of drug-likeness (QED) is 0.871. The fourth-order valence-electron chi connectivity index (χ4n) is 3.12. The summed E-state index contributed by atoms with van der Waals surface area (Å²) in [5.74, 6) is 0.00368. The van der Waals surface area contributed by atoms with Gasteiger partial charge in [-0.3, -0.25) is 9.59 Å². The third-order valence-electron chi connectivity index (χ3n) is 4.46. The van der Waals surface area contributed by atoms with Gasteiger partial charge in [0.1, 0.15) is 5.75 Å². The molecule has 2 aromatic rings. The van der Waals surface area contributed by atoms with E-state index < -0.39 is 0 Å². The van der Waals surface area contributed by atoms with Crippen LogP contribution in [-0.2, 0) is 16.1 Å². The normalized spacial score (nSPS) is 16.7. The summed E-state index contributed by atoms with van der Waals surface area (Å²) < 4.78 is 5.10. The monoisotopic (exact) mass is 372 g/mol. The zero-order valence-corrected chi connectivity index (χ0v) is 15.5. The van der Waals surface area contributed by atoms with Crippen molar-refractivity contribution in [2.75, 3.05) is 19.0 Å². The van der Waals surface area contributed by atoms with Gasteiger partial charge in [0.25, 0.3) is 0 Å². The fraction of sp³-hybridized carbons (Fsp3) is 0.300. The third-order valence-corrected chi connectivity index (χ3v) is 4.76. The van der Waals surface area contributed by atoms with Crippen LogP contribution in [-0.4, -0.2) is 30.4 Å². The van der Waals surface area contributed by atoms with E-state index in [4.69, 9.17) is 16.3 Å². The first-order valence-electron chi connectivity index (χ1n) is 8.44. The van der Waals surface area contributed by atoms with Gasteiger partial charge in [0.2, 0.25) is 11.8 Å². The third kappa shape index (κ3) is 4.17. The van der Waals surface area contributed by atoms with Crippen molar-refractivity contribution in [2.45, 2.75) is 19.9 Å². The number of carbonyl (C=O) groups is 2. The average Bonchev–Trinajstić information content (AvgIpc) is 2.96. The van der Waals surface area contributed by atoms with Crippen molar-refractivity contribution in [3.63, 3.8) is 0 Å². The lowest BCUT2D eigenvalue weighted by Crippen LogP contribution is -2.28. The molecule has 1 unspecified atom stereocenters. The van der Waals surface area contributed by atoms with Crippen LogP contribution in [0.4, 0.5) is 5.69 Å². The number of nitrogens with zero attached hydrogens (tertiary/aromatic N) is 1. The molecule has 136 valence electrons. The molecule has 2 amide bonds. The molecule has 3 rings (SSSR count). The minimum Gasteiger partial charge on any atom is -0.495 e. The Labute approximate surface area is 157 Å². The largest absolute Gasteiger partial charge is 0.495 e. The summed E-state index contributed by atoms with van der Waals surface area (Å²) in [7, 11) is 1.53. The number of anilines is 1. The van der Waals surface area contributed by atoms with Crippen molar-refractivity contribution in [3.8, 4) is 5.75 Å². The van der Waals surface area contributed by atoms with Gasteiger partial charge in [-0.05, 0) is 30.7 Å². The lowest BCUT2D eigenvalue weighted by molar-refractivity contribution is -0.128. The number of ether oxygens (including phenoxy) is 1. The van der Waals surface area contributed by atoms with E-state index in [9.17, 15) is 9.59 Å². The highest BCUT2D eigenvalue weighted by Crippen LogP contribution is 2.28. The minimum absolute atomic E-state index is 0.000538. The fourth-order valence-corrected chi connectivity index (χ4v) is 3.38. The second-order valence-electron chi connectivity index (χ2n) is 6.50. The Hall–Kier alpha value is -2.53. The van der Waals surface area contributed by atoms with Crippen LogP contribution in [0.15, 0.2) is 42.5 Å². The number of carbonyl (C=O) groups excluding carboxylic acids is 2. The van der Waals surface area contributed by atoms with Crippen LogP contribution in [0.3, 0.4) is 0 Å². The van der Waals surface area contributed by atoms with E-state index in [0.29, 0.717) is 29.5 Å². The van der Waals surface area contributed by atoms with Gasteiger partial charge in [-0.1, -0.05) is 41.4 Å². The highest BCUT2D eigenvalue weighted by molar-refractivity contribution is 6.32. The molecule has 2 aromatic carbocycles. The summed E-state index contributed by atoms with van der Waals surface area (Å²) in [5.41, 5.74) is 2.81. The smallest absolute Gasteiger partial charge is 0.229 e. The maximum Gasteiger partial charge on any atom is 0.229 e. The summed E-state index contributed by atoms with van der Waals surface area (Å²) in [6.45, 7) is 2.96. The molecule has 0 saturated carbocycles. The van der Waals surface area contributed by atoms with Crippen molar-refractivity contribution in [2.24, 2.45) is 5.92 Å². The van der Waals surface area contributed by atoms with E-state index in [1.165, 1.54) is 7.11 Å². The number of benzene rings is 2. The Kier molecular flexibility index (Phi) is 5.47. The van der Waals surface area contributed by atoms with E-state index >= 15 is 0 Å². The maximum atomic E-state index is 12.5. The molecule has 1 aliphatic rings.